The van der Waals surface area contributed by atoms with Crippen LogP contribution in [0.1, 0.15) is 40.0 Å². The molecule has 0 aromatic rings. The lowest BCUT2D eigenvalue weighted by Gasteiger charge is -2.30. The Balaban J connectivity index is 4.17. The first-order chi connectivity index (χ1) is 7.29. The minimum Gasteiger partial charge on any atom is -0.315 e. The van der Waals surface area contributed by atoms with Crippen LogP contribution in [-0.4, -0.2) is 37.1 Å². The van der Waals surface area contributed by atoms with E-state index in [1.54, 1.807) is 0 Å². The first-order valence-corrected chi connectivity index (χ1v) is 6.18. The van der Waals surface area contributed by atoms with Crippen molar-refractivity contribution in [3.8, 4) is 12.3 Å². The molecule has 0 aromatic heterocycles. The van der Waals surface area contributed by atoms with E-state index in [2.05, 4.69) is 36.9 Å². The number of likely N-dealkylation sites (N-methyl/N-ethyl adjacent to an activating group) is 1. The van der Waals surface area contributed by atoms with Crippen LogP contribution in [0.15, 0.2) is 0 Å². The SMILES string of the molecule is C#CCN(CCC)C(CCC)CNCC. The molecule has 2 heteroatoms. The van der Waals surface area contributed by atoms with Crippen molar-refractivity contribution in [2.24, 2.45) is 0 Å². The zero-order chi connectivity index (χ0) is 11.5. The van der Waals surface area contributed by atoms with E-state index in [0.29, 0.717) is 6.04 Å². The zero-order valence-corrected chi connectivity index (χ0v) is 10.6. The minimum absolute atomic E-state index is 0.603. The van der Waals surface area contributed by atoms with E-state index >= 15 is 0 Å². The summed E-state index contributed by atoms with van der Waals surface area (Å²) in [4.78, 5) is 2.42. The molecule has 0 radical (unpaired) electrons. The Hall–Kier alpha value is -0.520. The summed E-state index contributed by atoms with van der Waals surface area (Å²) in [6, 6.07) is 0.603. The van der Waals surface area contributed by atoms with Gasteiger partial charge < -0.3 is 5.32 Å². The van der Waals surface area contributed by atoms with Crippen LogP contribution in [0.4, 0.5) is 0 Å². The van der Waals surface area contributed by atoms with Crippen LogP contribution in [0.25, 0.3) is 0 Å². The van der Waals surface area contributed by atoms with Gasteiger partial charge in [0.1, 0.15) is 0 Å². The van der Waals surface area contributed by atoms with Gasteiger partial charge in [-0.3, -0.25) is 4.90 Å². The van der Waals surface area contributed by atoms with E-state index in [1.807, 2.05) is 0 Å². The standard InChI is InChI=1S/C13H26N2/c1-5-9-13(12-14-8-4)15(10-6-2)11-7-3/h2,13-14H,5,7-12H2,1,3-4H3. The fraction of sp³-hybridized carbons (Fsp3) is 0.846. The van der Waals surface area contributed by atoms with Gasteiger partial charge in [-0.25, -0.2) is 0 Å². The maximum Gasteiger partial charge on any atom is 0.0601 e. The number of hydrogen-bond acceptors (Lipinski definition) is 2. The van der Waals surface area contributed by atoms with E-state index in [9.17, 15) is 0 Å². The molecule has 88 valence electrons. The molecule has 0 saturated carbocycles. The summed E-state index contributed by atoms with van der Waals surface area (Å²) in [5.74, 6) is 2.77. The molecular weight excluding hydrogens is 184 g/mol. The van der Waals surface area contributed by atoms with Crippen molar-refractivity contribution in [3.63, 3.8) is 0 Å². The molecule has 0 rings (SSSR count). The second-order valence-corrected chi connectivity index (χ2v) is 3.92. The van der Waals surface area contributed by atoms with Gasteiger partial charge in [0.2, 0.25) is 0 Å². The topological polar surface area (TPSA) is 15.3 Å². The van der Waals surface area contributed by atoms with Gasteiger partial charge in [-0.05, 0) is 25.9 Å². The van der Waals surface area contributed by atoms with Crippen molar-refractivity contribution in [2.75, 3.05) is 26.2 Å². The number of nitrogens with one attached hydrogen (secondary N) is 1. The molecule has 1 N–H and O–H groups in total. The Morgan fingerprint density at radius 1 is 1.27 bits per heavy atom. The third-order valence-corrected chi connectivity index (χ3v) is 2.57. The predicted molar refractivity (Wildman–Crippen MR) is 67.9 cm³/mol. The van der Waals surface area contributed by atoms with Gasteiger partial charge in [-0.2, -0.15) is 0 Å². The fourth-order valence-electron chi connectivity index (χ4n) is 1.85. The van der Waals surface area contributed by atoms with Gasteiger partial charge in [-0.1, -0.05) is 33.1 Å². The fourth-order valence-corrected chi connectivity index (χ4v) is 1.85. The second-order valence-electron chi connectivity index (χ2n) is 3.92. The number of terminal acetylenes is 1. The van der Waals surface area contributed by atoms with Crippen molar-refractivity contribution < 1.29 is 0 Å². The van der Waals surface area contributed by atoms with E-state index in [1.165, 1.54) is 19.3 Å². The molecule has 0 spiro atoms. The van der Waals surface area contributed by atoms with Crippen molar-refractivity contribution >= 4 is 0 Å². The lowest BCUT2D eigenvalue weighted by molar-refractivity contribution is 0.204. The van der Waals surface area contributed by atoms with Crippen LogP contribution >= 0.6 is 0 Å². The zero-order valence-electron chi connectivity index (χ0n) is 10.6. The van der Waals surface area contributed by atoms with Gasteiger partial charge in [0.05, 0.1) is 6.54 Å². The molecule has 1 unspecified atom stereocenters. The third-order valence-electron chi connectivity index (χ3n) is 2.57. The van der Waals surface area contributed by atoms with Crippen molar-refractivity contribution in [3.05, 3.63) is 0 Å². The molecule has 0 aromatic carbocycles. The quantitative estimate of drug-likeness (QED) is 0.586. The van der Waals surface area contributed by atoms with Gasteiger partial charge in [-0.15, -0.1) is 6.42 Å². The Bertz CT molecular complexity index is 172. The molecule has 0 bridgehead atoms. The monoisotopic (exact) mass is 210 g/mol. The highest BCUT2D eigenvalue weighted by molar-refractivity contribution is 4.90. The molecule has 0 amide bonds. The van der Waals surface area contributed by atoms with E-state index in [0.717, 1.165) is 26.2 Å². The van der Waals surface area contributed by atoms with E-state index in [-0.39, 0.29) is 0 Å². The maximum absolute atomic E-state index is 5.41. The molecular formula is C13H26N2. The largest absolute Gasteiger partial charge is 0.315 e. The van der Waals surface area contributed by atoms with Crippen molar-refractivity contribution in [2.45, 2.75) is 46.1 Å². The van der Waals surface area contributed by atoms with Crippen LogP contribution in [0.5, 0.6) is 0 Å². The summed E-state index contributed by atoms with van der Waals surface area (Å²) in [6.07, 6.45) is 9.04. The van der Waals surface area contributed by atoms with Gasteiger partial charge in [0.25, 0.3) is 0 Å². The molecule has 1 atom stereocenters. The van der Waals surface area contributed by atoms with Crippen LogP contribution in [-0.2, 0) is 0 Å². The number of rotatable bonds is 9. The highest BCUT2D eigenvalue weighted by Crippen LogP contribution is 2.06. The number of nitrogens with zero attached hydrogens (tertiary/aromatic N) is 1. The van der Waals surface area contributed by atoms with Crippen LogP contribution in [0.2, 0.25) is 0 Å². The van der Waals surface area contributed by atoms with Gasteiger partial charge >= 0.3 is 0 Å². The van der Waals surface area contributed by atoms with E-state index < -0.39 is 0 Å². The maximum atomic E-state index is 5.41. The Morgan fingerprint density at radius 2 is 2.00 bits per heavy atom. The second kappa shape index (κ2) is 10.0. The summed E-state index contributed by atoms with van der Waals surface area (Å²) in [6.45, 7) is 10.6. The molecule has 0 fully saturated rings. The molecule has 0 saturated heterocycles. The molecule has 2 nitrogen and oxygen atoms in total. The average Bonchev–Trinajstić information content (AvgIpc) is 2.24. The molecule has 0 aliphatic carbocycles. The Kier molecular flexibility index (Phi) is 9.67. The summed E-state index contributed by atoms with van der Waals surface area (Å²) in [5.41, 5.74) is 0. The highest BCUT2D eigenvalue weighted by Gasteiger charge is 2.15. The first-order valence-electron chi connectivity index (χ1n) is 6.18. The van der Waals surface area contributed by atoms with Gasteiger partial charge in [0, 0.05) is 12.6 Å². The lowest BCUT2D eigenvalue weighted by atomic mass is 10.1. The van der Waals surface area contributed by atoms with Crippen LogP contribution in [0.3, 0.4) is 0 Å². The van der Waals surface area contributed by atoms with Gasteiger partial charge in [0.15, 0.2) is 0 Å². The highest BCUT2D eigenvalue weighted by atomic mass is 15.2. The van der Waals surface area contributed by atoms with E-state index in [4.69, 9.17) is 6.42 Å². The predicted octanol–water partition coefficient (Wildman–Crippen LogP) is 2.11. The summed E-state index contributed by atoms with van der Waals surface area (Å²) >= 11 is 0. The molecule has 0 aliphatic rings. The summed E-state index contributed by atoms with van der Waals surface area (Å²) in [7, 11) is 0. The van der Waals surface area contributed by atoms with Crippen LogP contribution in [0, 0.1) is 12.3 Å². The summed E-state index contributed by atoms with van der Waals surface area (Å²) in [5, 5.41) is 3.42. The molecule has 0 aliphatic heterocycles. The molecule has 0 heterocycles. The lowest BCUT2D eigenvalue weighted by Crippen LogP contribution is -2.43. The number of hydrogen-bond donors (Lipinski definition) is 1. The first kappa shape index (κ1) is 14.5. The molecule has 15 heavy (non-hydrogen) atoms. The third kappa shape index (κ3) is 6.54. The summed E-state index contributed by atoms with van der Waals surface area (Å²) < 4.78 is 0. The Morgan fingerprint density at radius 3 is 2.47 bits per heavy atom. The normalized spacial score (nSPS) is 12.7. The average molecular weight is 210 g/mol. The van der Waals surface area contributed by atoms with Crippen LogP contribution < -0.4 is 5.32 Å². The van der Waals surface area contributed by atoms with Crippen molar-refractivity contribution in [1.29, 1.82) is 0 Å². The smallest absolute Gasteiger partial charge is 0.0601 e. The minimum atomic E-state index is 0.603. The van der Waals surface area contributed by atoms with Crippen molar-refractivity contribution in [1.82, 2.24) is 10.2 Å². The Labute approximate surface area is 95.4 Å².